The summed E-state index contributed by atoms with van der Waals surface area (Å²) < 4.78 is 149. The Morgan fingerprint density at radius 3 is 0.804 bits per heavy atom. The van der Waals surface area contributed by atoms with Crippen molar-refractivity contribution >= 4 is 125 Å². The smallest absolute Gasteiger partial charge is 0.438 e. The molecule has 4 amide bonds. The highest BCUT2D eigenvalue weighted by Crippen LogP contribution is 2.47. The molecule has 24 nitrogen and oxygen atoms in total. The van der Waals surface area contributed by atoms with Gasteiger partial charge in [-0.25, -0.2) is 19.2 Å². The van der Waals surface area contributed by atoms with Gasteiger partial charge in [-0.3, -0.25) is 13.2 Å². The monoisotopic (exact) mass is 2010 g/mol. The lowest BCUT2D eigenvalue weighted by Crippen LogP contribution is -2.70. The number of benzene rings is 9. The number of nitrogens with one attached hydrogen (secondary N) is 4. The number of amides is 4. The zero-order valence-electron chi connectivity index (χ0n) is 83.1. The highest BCUT2D eigenvalue weighted by molar-refractivity contribution is 7.87. The molecular formula is C105H137F3N4O20S2Si4. The lowest BCUT2D eigenvalue weighted by atomic mass is 9.87. The topological polar surface area (TPSA) is 314 Å². The second-order valence-electron chi connectivity index (χ2n) is 40.2. The Kier molecular flexibility index (Phi) is 35.1. The number of carbonyl (C=O) groups is 5. The number of hydrogen-bond acceptors (Lipinski definition) is 20. The molecule has 0 saturated carbocycles. The van der Waals surface area contributed by atoms with Crippen LogP contribution in [0.25, 0.3) is 0 Å². The zero-order chi connectivity index (χ0) is 102. The molecule has 0 aromatic heterocycles. The molecule has 0 bridgehead atoms. The Balaban J connectivity index is 0.000000191. The molecule has 0 radical (unpaired) electrons. The second-order valence-corrected chi connectivity index (χ2v) is 60.4. The maximum Gasteiger partial charge on any atom is 0.523 e. The minimum atomic E-state index is -5.87. The third-order valence-electron chi connectivity index (χ3n) is 27.0. The molecule has 9 aromatic carbocycles. The van der Waals surface area contributed by atoms with Crippen LogP contribution in [0.3, 0.4) is 0 Å². The number of aryl methyl sites for hydroxylation is 1. The number of ketones is 1. The number of cyclic esters (lactones) is 4. The van der Waals surface area contributed by atoms with E-state index in [1.165, 1.54) is 36.4 Å². The van der Waals surface area contributed by atoms with E-state index in [2.05, 4.69) is 181 Å². The van der Waals surface area contributed by atoms with Gasteiger partial charge in [-0.1, -0.05) is 371 Å². The Hall–Kier alpha value is -9.99. The van der Waals surface area contributed by atoms with Crippen LogP contribution in [0, 0.1) is 6.92 Å². The van der Waals surface area contributed by atoms with Crippen LogP contribution in [0.4, 0.5) is 32.3 Å². The molecule has 5 N–H and O–H groups in total. The van der Waals surface area contributed by atoms with E-state index in [-0.39, 0.29) is 45.1 Å². The zero-order valence-corrected chi connectivity index (χ0v) is 88.8. The number of rotatable bonds is 33. The van der Waals surface area contributed by atoms with Crippen LogP contribution < -0.4 is 62.8 Å². The largest absolute Gasteiger partial charge is 0.523 e. The van der Waals surface area contributed by atoms with Crippen molar-refractivity contribution in [3.63, 3.8) is 0 Å². The lowest BCUT2D eigenvalue weighted by Gasteiger charge is -2.48. The first kappa shape index (κ1) is 110. The van der Waals surface area contributed by atoms with E-state index in [1.807, 2.05) is 218 Å². The number of halogens is 3. The Bertz CT molecular complexity index is 5630. The van der Waals surface area contributed by atoms with Crippen LogP contribution in [-0.2, 0) is 70.0 Å². The number of Topliss-reactive ketones (excluding diaryl/α,β-unsaturated/α-hetero) is 1. The molecular weight excluding hydrogens is 1870 g/mol. The van der Waals surface area contributed by atoms with Gasteiger partial charge in [-0.2, -0.15) is 30.0 Å². The van der Waals surface area contributed by atoms with Gasteiger partial charge < -0.3 is 63.0 Å². The van der Waals surface area contributed by atoms with E-state index in [0.29, 0.717) is 25.7 Å². The van der Waals surface area contributed by atoms with Gasteiger partial charge in [0, 0.05) is 0 Å². The molecule has 12 atom stereocenters. The highest BCUT2D eigenvalue weighted by atomic mass is 32.2. The van der Waals surface area contributed by atoms with Crippen molar-refractivity contribution in [3.05, 3.63) is 272 Å². The predicted molar refractivity (Wildman–Crippen MR) is 541 cm³/mol. The fourth-order valence-electron chi connectivity index (χ4n) is 19.8. The van der Waals surface area contributed by atoms with Crippen LogP contribution in [0.2, 0.25) is 20.2 Å². The van der Waals surface area contributed by atoms with E-state index in [1.54, 1.807) is 19.1 Å². The van der Waals surface area contributed by atoms with Gasteiger partial charge in [-0.15, -0.1) is 0 Å². The number of aliphatic hydroxyl groups is 1. The maximum absolute atomic E-state index is 13.0. The van der Waals surface area contributed by atoms with Crippen molar-refractivity contribution in [2.24, 2.45) is 0 Å². The third-order valence-corrected chi connectivity index (χ3v) is 49.5. The van der Waals surface area contributed by atoms with Crippen molar-refractivity contribution in [1.82, 2.24) is 21.3 Å². The highest BCUT2D eigenvalue weighted by Gasteiger charge is 2.64. The first-order valence-electron chi connectivity index (χ1n) is 46.8. The first-order valence-corrected chi connectivity index (χ1v) is 57.3. The summed E-state index contributed by atoms with van der Waals surface area (Å²) in [6.07, 6.45) is -2.77. The fraction of sp³-hybridized carbons (Fsp3) is 0.438. The molecule has 0 spiro atoms. The summed E-state index contributed by atoms with van der Waals surface area (Å²) in [5.74, 6) is -0.141. The van der Waals surface area contributed by atoms with Crippen LogP contribution in [0.1, 0.15) is 177 Å². The summed E-state index contributed by atoms with van der Waals surface area (Å²) >= 11 is 0. The molecule has 13 rings (SSSR count). The van der Waals surface area contributed by atoms with E-state index < -0.39 is 160 Å². The predicted octanol–water partition coefficient (Wildman–Crippen LogP) is 16.0. The number of ether oxygens (including phenoxy) is 4. The first-order chi connectivity index (χ1) is 64.7. The molecule has 0 aliphatic carbocycles. The SMILES string of the molecule is CC[C@@H](O[Si](c1ccccc1)(c1ccccc1)C(C)(C)C)[C@@]1(C)OC(=O)N[C@@H]1C(C)=O.CC[C@@H](O[Si](c1ccccc1)(c1ccccc1)C(C)(C)C)[C@@]1(C)OC(=O)N[C@@H]1CO.CC[C@@H](O[Si](c1ccccc1)(c1ccccc1)C(C)(C)C)[C@@]1(C)OC(=O)N[C@@H]1COS(=O)(=O)C(F)(F)F.CC[C@@H](O[Si](c1ccccc1)(c1ccccc1)C(C)(C)C)[C@@]1(C)OC(=O)N[C@@H]1COS(=O)(=O)c1ccc(C)cc1. The van der Waals surface area contributed by atoms with Crippen LogP contribution >= 0.6 is 0 Å². The van der Waals surface area contributed by atoms with E-state index in [0.717, 1.165) is 36.7 Å². The van der Waals surface area contributed by atoms with Gasteiger partial charge in [0.15, 0.2) is 28.2 Å². The van der Waals surface area contributed by atoms with E-state index in [9.17, 15) is 59.1 Å². The van der Waals surface area contributed by atoms with Crippen molar-refractivity contribution in [2.75, 3.05) is 19.8 Å². The minimum Gasteiger partial charge on any atom is -0.438 e. The fourth-order valence-corrected chi connectivity index (χ4v) is 40.5. The number of alkyl halides is 3. The summed E-state index contributed by atoms with van der Waals surface area (Å²) in [6, 6.07) is 84.4. The van der Waals surface area contributed by atoms with Crippen LogP contribution in [-0.4, -0.2) is 182 Å². The molecule has 4 aliphatic heterocycles. The molecule has 746 valence electrons. The number of hydrogen-bond donors (Lipinski definition) is 5. The Labute approximate surface area is 817 Å². The summed E-state index contributed by atoms with van der Waals surface area (Å²) in [4.78, 5) is 61.6. The van der Waals surface area contributed by atoms with Gasteiger partial charge in [-0.05, 0) is 141 Å². The Morgan fingerprint density at radius 1 is 0.362 bits per heavy atom. The number of alkyl carbamates (subject to hydrolysis) is 4. The summed E-state index contributed by atoms with van der Waals surface area (Å²) in [6.45, 7) is 42.7. The van der Waals surface area contributed by atoms with Crippen molar-refractivity contribution < 1.29 is 104 Å². The van der Waals surface area contributed by atoms with Crippen molar-refractivity contribution in [2.45, 2.75) is 280 Å². The molecule has 138 heavy (non-hydrogen) atoms. The maximum atomic E-state index is 13.0. The molecule has 33 heteroatoms. The van der Waals surface area contributed by atoms with Gasteiger partial charge in [0.05, 0.1) is 67.3 Å². The summed E-state index contributed by atoms with van der Waals surface area (Å²) in [5, 5.41) is 28.1. The standard InChI is InChI=1S/C31H39NO6SSi.C25H32F3NO6SSi.C25H33NO4Si.C24H33NO4Si/c1-7-28(38-40(30(3,4)5,25-14-10-8-11-15-25)26-16-12-9-13-17-26)31(6)27(32-29(33)37-31)22-36-39(34,35)24-20-18-23(2)19-21-24;1-6-21(24(5)20(29-22(30)34-24)17-33-36(31,32)25(26,27)28)35-37(23(2,3)4,18-13-9-7-10-14-18)19-15-11-8-12-16-19;1-7-21(25(6)22(18(2)27)26-23(28)29-25)30-31(24(3,4)5,19-14-10-8-11-15-19)20-16-12-9-13-17-20;1-6-21(24(5)20(17-26)25-22(27)28-24)29-30(23(2,3)4,18-13-9-7-10-14-18)19-15-11-8-12-16-19/h8-21,27-28H,7,22H2,1-6H3,(H,32,33);7-16,20-21H,6,17H2,1-5H3,(H,29,30);8-17,21-22H,7H2,1-6H3,(H,26,28);7-16,20-21,26H,6,17H2,1-5H3,(H,25,27)/t27-,28-,31+;20-,21-,24+;21-,22-,25-;20-,21-,24+/m1111/s1. The lowest BCUT2D eigenvalue weighted by molar-refractivity contribution is -0.126. The normalized spacial score (nSPS) is 21.9. The molecule has 4 heterocycles. The molecule has 9 aromatic rings. The Morgan fingerprint density at radius 2 is 0.580 bits per heavy atom. The van der Waals surface area contributed by atoms with Crippen LogP contribution in [0.15, 0.2) is 272 Å². The van der Waals surface area contributed by atoms with E-state index >= 15 is 0 Å². The summed E-state index contributed by atoms with van der Waals surface area (Å²) in [7, 11) is -21.7. The van der Waals surface area contributed by atoms with Crippen molar-refractivity contribution in [3.8, 4) is 0 Å². The van der Waals surface area contributed by atoms with Gasteiger partial charge >= 0.3 is 40.0 Å². The molecule has 4 saturated heterocycles. The number of aliphatic hydroxyl groups excluding tert-OH is 1. The molecule has 4 aliphatic rings. The summed E-state index contributed by atoms with van der Waals surface area (Å²) in [5.41, 5.74) is -9.43. The average molecular weight is 2010 g/mol. The van der Waals surface area contributed by atoms with Crippen LogP contribution in [0.5, 0.6) is 0 Å². The second kappa shape index (κ2) is 44.0. The average Bonchev–Trinajstić information content (AvgIpc) is 1.63. The van der Waals surface area contributed by atoms with Gasteiger partial charge in [0.1, 0.15) is 6.04 Å². The van der Waals surface area contributed by atoms with Gasteiger partial charge in [0.25, 0.3) is 43.4 Å². The third kappa shape index (κ3) is 22.9. The molecule has 0 unspecified atom stereocenters. The number of carbonyl (C=O) groups excluding carboxylic acids is 5. The van der Waals surface area contributed by atoms with Crippen molar-refractivity contribution in [1.29, 1.82) is 0 Å². The van der Waals surface area contributed by atoms with Gasteiger partial charge in [0.2, 0.25) is 0 Å². The minimum absolute atomic E-state index is 0.0562. The quantitative estimate of drug-likeness (QED) is 0.0110. The van der Waals surface area contributed by atoms with E-state index in [4.69, 9.17) is 40.8 Å². The molecule has 4 fully saturated rings.